The van der Waals surface area contributed by atoms with Crippen molar-refractivity contribution in [3.05, 3.63) is 48.0 Å². The molecule has 0 aromatic carbocycles. The van der Waals surface area contributed by atoms with Gasteiger partial charge in [0.05, 0.1) is 24.4 Å². The van der Waals surface area contributed by atoms with Gasteiger partial charge >= 0.3 is 0 Å². The average molecular weight is 446 g/mol. The standard InChI is InChI=1S/C21H29N5O3.CH2O2/c1-26(14-17-9-12-23-25-17)21(28)16-4-5-19(29-2)18(13-16)24-20(27)6-3-15-7-10-22-11-8-15;2-1-3/h7-12,16,18-19H,3-6,13-14H2,1-2H3,(H,23,25)(H,24,27);1H,(H,2,3)/t16-,18+,19+;/m0./s1. The maximum atomic E-state index is 12.9. The highest BCUT2D eigenvalue weighted by atomic mass is 16.5. The Labute approximate surface area is 187 Å². The van der Waals surface area contributed by atoms with E-state index in [1.807, 2.05) is 18.2 Å². The Hall–Kier alpha value is -3.27. The number of carbonyl (C=O) groups excluding carboxylic acids is 2. The molecule has 0 unspecified atom stereocenters. The molecule has 3 N–H and O–H groups in total. The smallest absolute Gasteiger partial charge is 0.290 e. The number of hydrogen-bond donors (Lipinski definition) is 3. The third-order valence-electron chi connectivity index (χ3n) is 5.52. The molecule has 3 atom stereocenters. The van der Waals surface area contributed by atoms with E-state index in [9.17, 15) is 9.59 Å². The first-order chi connectivity index (χ1) is 15.5. The number of carboxylic acid groups (broad SMARTS) is 1. The van der Waals surface area contributed by atoms with Crippen LogP contribution in [0.5, 0.6) is 0 Å². The van der Waals surface area contributed by atoms with Crippen molar-refractivity contribution in [1.82, 2.24) is 25.4 Å². The normalized spacial score (nSPS) is 19.9. The molecule has 1 aliphatic rings. The third-order valence-corrected chi connectivity index (χ3v) is 5.52. The lowest BCUT2D eigenvalue weighted by Gasteiger charge is -2.36. The Morgan fingerprint density at radius 1 is 1.28 bits per heavy atom. The second-order valence-electron chi connectivity index (χ2n) is 7.70. The maximum Gasteiger partial charge on any atom is 0.290 e. The van der Waals surface area contributed by atoms with Gasteiger partial charge in [0, 0.05) is 45.1 Å². The van der Waals surface area contributed by atoms with Gasteiger partial charge < -0.3 is 20.1 Å². The van der Waals surface area contributed by atoms with E-state index in [0.717, 1.165) is 24.1 Å². The number of nitrogens with one attached hydrogen (secondary N) is 2. The fourth-order valence-electron chi connectivity index (χ4n) is 3.91. The summed E-state index contributed by atoms with van der Waals surface area (Å²) in [6, 6.07) is 5.53. The molecule has 1 saturated carbocycles. The van der Waals surface area contributed by atoms with Crippen molar-refractivity contribution in [3.8, 4) is 0 Å². The fraction of sp³-hybridized carbons (Fsp3) is 0.500. The summed E-state index contributed by atoms with van der Waals surface area (Å²) in [5.74, 6) is -0.0576. The second-order valence-corrected chi connectivity index (χ2v) is 7.70. The Balaban J connectivity index is 0.00000114. The van der Waals surface area contributed by atoms with Gasteiger partial charge in [-0.15, -0.1) is 0 Å². The van der Waals surface area contributed by atoms with E-state index in [2.05, 4.69) is 20.5 Å². The van der Waals surface area contributed by atoms with Crippen molar-refractivity contribution in [1.29, 1.82) is 0 Å². The largest absolute Gasteiger partial charge is 0.483 e. The van der Waals surface area contributed by atoms with Crippen LogP contribution in [-0.2, 0) is 32.1 Å². The minimum absolute atomic E-state index is 0.0206. The molecular formula is C22H31N5O5. The minimum atomic E-state index is -0.250. The number of aromatic amines is 1. The van der Waals surface area contributed by atoms with Gasteiger partial charge in [-0.1, -0.05) is 0 Å². The summed E-state index contributed by atoms with van der Waals surface area (Å²) in [5, 5.41) is 16.8. The van der Waals surface area contributed by atoms with Gasteiger partial charge in [0.1, 0.15) is 0 Å². The number of methoxy groups -OCH3 is 1. The molecule has 10 heteroatoms. The molecular weight excluding hydrogens is 414 g/mol. The first kappa shape index (κ1) is 25.0. The topological polar surface area (TPSA) is 138 Å². The van der Waals surface area contributed by atoms with E-state index in [1.165, 1.54) is 0 Å². The van der Waals surface area contributed by atoms with Crippen LogP contribution in [0.3, 0.4) is 0 Å². The second kappa shape index (κ2) is 13.2. The summed E-state index contributed by atoms with van der Waals surface area (Å²) < 4.78 is 5.58. The number of nitrogens with zero attached hydrogens (tertiary/aromatic N) is 3. The summed E-state index contributed by atoms with van der Waals surface area (Å²) in [5.41, 5.74) is 1.97. The molecule has 1 fully saturated rings. The zero-order chi connectivity index (χ0) is 23.3. The predicted molar refractivity (Wildman–Crippen MR) is 116 cm³/mol. The van der Waals surface area contributed by atoms with Crippen molar-refractivity contribution in [2.75, 3.05) is 14.2 Å². The van der Waals surface area contributed by atoms with Gasteiger partial charge in [-0.25, -0.2) is 0 Å². The van der Waals surface area contributed by atoms with Gasteiger partial charge in [0.2, 0.25) is 11.8 Å². The molecule has 0 bridgehead atoms. The van der Waals surface area contributed by atoms with E-state index < -0.39 is 0 Å². The highest BCUT2D eigenvalue weighted by Gasteiger charge is 2.36. The van der Waals surface area contributed by atoms with Crippen LogP contribution in [0.15, 0.2) is 36.8 Å². The quantitative estimate of drug-likeness (QED) is 0.522. The van der Waals surface area contributed by atoms with Crippen molar-refractivity contribution < 1.29 is 24.2 Å². The molecule has 1 aliphatic carbocycles. The Morgan fingerprint density at radius 2 is 2.00 bits per heavy atom. The van der Waals surface area contributed by atoms with E-state index in [4.69, 9.17) is 14.6 Å². The van der Waals surface area contributed by atoms with Crippen LogP contribution in [0, 0.1) is 5.92 Å². The monoisotopic (exact) mass is 445 g/mol. The van der Waals surface area contributed by atoms with Crippen LogP contribution in [0.1, 0.15) is 36.9 Å². The van der Waals surface area contributed by atoms with E-state index in [-0.39, 0.29) is 36.4 Å². The van der Waals surface area contributed by atoms with Gasteiger partial charge in [0.15, 0.2) is 0 Å². The van der Waals surface area contributed by atoms with Crippen LogP contribution >= 0.6 is 0 Å². The number of aryl methyl sites for hydroxylation is 1. The molecule has 174 valence electrons. The summed E-state index contributed by atoms with van der Waals surface area (Å²) in [6.45, 7) is 0.242. The van der Waals surface area contributed by atoms with E-state index >= 15 is 0 Å². The highest BCUT2D eigenvalue weighted by Crippen LogP contribution is 2.28. The van der Waals surface area contributed by atoms with Gasteiger partial charge in [-0.05, 0) is 49.4 Å². The number of hydrogen-bond acceptors (Lipinski definition) is 6. The molecule has 2 aromatic rings. The van der Waals surface area contributed by atoms with Crippen LogP contribution in [-0.4, -0.2) is 69.8 Å². The lowest BCUT2D eigenvalue weighted by molar-refractivity contribution is -0.138. The first-order valence-electron chi connectivity index (χ1n) is 10.5. The van der Waals surface area contributed by atoms with Crippen molar-refractivity contribution in [2.24, 2.45) is 5.92 Å². The number of ether oxygens (including phenoxy) is 1. The first-order valence-corrected chi connectivity index (χ1v) is 10.5. The van der Waals surface area contributed by atoms with Crippen molar-refractivity contribution in [2.45, 2.75) is 50.8 Å². The van der Waals surface area contributed by atoms with Crippen molar-refractivity contribution >= 4 is 18.3 Å². The molecule has 0 saturated heterocycles. The van der Waals surface area contributed by atoms with Gasteiger partial charge in [-0.3, -0.25) is 24.5 Å². The number of aromatic nitrogens is 3. The molecule has 0 aliphatic heterocycles. The lowest BCUT2D eigenvalue weighted by Crippen LogP contribution is -2.50. The maximum absolute atomic E-state index is 12.9. The molecule has 0 spiro atoms. The van der Waals surface area contributed by atoms with Gasteiger partial charge in [0.25, 0.3) is 6.47 Å². The molecule has 0 radical (unpaired) electrons. The molecule has 32 heavy (non-hydrogen) atoms. The molecule has 3 rings (SSSR count). The Bertz CT molecular complexity index is 831. The number of carbonyl (C=O) groups is 3. The molecule has 2 heterocycles. The highest BCUT2D eigenvalue weighted by molar-refractivity contribution is 5.79. The number of H-pyrrole nitrogens is 1. The number of pyridine rings is 1. The van der Waals surface area contributed by atoms with Crippen molar-refractivity contribution in [3.63, 3.8) is 0 Å². The van der Waals surface area contributed by atoms with E-state index in [1.54, 1.807) is 37.6 Å². The average Bonchev–Trinajstić information content (AvgIpc) is 3.31. The van der Waals surface area contributed by atoms with Gasteiger partial charge in [-0.2, -0.15) is 5.10 Å². The fourth-order valence-corrected chi connectivity index (χ4v) is 3.91. The van der Waals surface area contributed by atoms with Crippen LogP contribution < -0.4 is 5.32 Å². The molecule has 2 amide bonds. The SMILES string of the molecule is CO[C@@H]1CC[C@H](C(=O)N(C)Cc2ccn[nH]2)C[C@H]1NC(=O)CCc1ccncc1.O=CO. The van der Waals surface area contributed by atoms with Crippen LogP contribution in [0.4, 0.5) is 0 Å². The summed E-state index contributed by atoms with van der Waals surface area (Å²) in [4.78, 5) is 39.4. The van der Waals surface area contributed by atoms with E-state index in [0.29, 0.717) is 25.8 Å². The predicted octanol–water partition coefficient (Wildman–Crippen LogP) is 1.40. The summed E-state index contributed by atoms with van der Waals surface area (Å²) in [7, 11) is 3.46. The lowest BCUT2D eigenvalue weighted by atomic mass is 9.82. The molecule has 10 nitrogen and oxygen atoms in total. The number of amides is 2. The number of rotatable bonds is 8. The Kier molecular flexibility index (Phi) is 10.3. The van der Waals surface area contributed by atoms with Crippen LogP contribution in [0.25, 0.3) is 0 Å². The van der Waals surface area contributed by atoms with Crippen LogP contribution in [0.2, 0.25) is 0 Å². The molecule has 2 aromatic heterocycles. The minimum Gasteiger partial charge on any atom is -0.483 e. The zero-order valence-electron chi connectivity index (χ0n) is 18.4. The third kappa shape index (κ3) is 7.77. The Morgan fingerprint density at radius 3 is 2.62 bits per heavy atom. The summed E-state index contributed by atoms with van der Waals surface area (Å²) in [6.07, 6.45) is 8.22. The zero-order valence-corrected chi connectivity index (χ0v) is 18.4. The summed E-state index contributed by atoms with van der Waals surface area (Å²) >= 11 is 0.